The number of anilines is 1. The molecular weight excluding hydrogens is 270 g/mol. The maximum absolute atomic E-state index is 12.4. The second kappa shape index (κ2) is 4.73. The molecule has 0 spiro atoms. The van der Waals surface area contributed by atoms with Gasteiger partial charge in [-0.3, -0.25) is 9.69 Å². The minimum Gasteiger partial charge on any atom is -0.483 e. The van der Waals surface area contributed by atoms with Crippen molar-refractivity contribution < 1.29 is 14.1 Å². The third kappa shape index (κ3) is 1.98. The molecule has 0 radical (unpaired) electrons. The van der Waals surface area contributed by atoms with E-state index in [9.17, 15) is 4.79 Å². The average Bonchev–Trinajstić information content (AvgIpc) is 3.05. The number of nitrogens with zero attached hydrogens (tertiary/aromatic N) is 3. The van der Waals surface area contributed by atoms with Gasteiger partial charge in [0.2, 0.25) is 0 Å². The van der Waals surface area contributed by atoms with E-state index in [0.717, 1.165) is 18.4 Å². The molecule has 1 atom stereocenters. The predicted molar refractivity (Wildman–Crippen MR) is 77.5 cm³/mol. The predicted octanol–water partition coefficient (Wildman–Crippen LogP) is 1.65. The van der Waals surface area contributed by atoms with Crippen molar-refractivity contribution in [1.29, 1.82) is 0 Å². The summed E-state index contributed by atoms with van der Waals surface area (Å²) < 4.78 is 11.0. The zero-order valence-corrected chi connectivity index (χ0v) is 11.9. The molecular formula is C15H17N3O3. The van der Waals surface area contributed by atoms with Crippen molar-refractivity contribution in [2.45, 2.75) is 18.9 Å². The van der Waals surface area contributed by atoms with Crippen molar-refractivity contribution >= 4 is 22.7 Å². The fourth-order valence-electron chi connectivity index (χ4n) is 3.19. The Morgan fingerprint density at radius 3 is 3.14 bits per heavy atom. The minimum absolute atomic E-state index is 0.0475. The van der Waals surface area contributed by atoms with Gasteiger partial charge < -0.3 is 14.2 Å². The van der Waals surface area contributed by atoms with Gasteiger partial charge in [0.25, 0.3) is 5.91 Å². The van der Waals surface area contributed by atoms with E-state index in [1.165, 1.54) is 6.42 Å². The summed E-state index contributed by atoms with van der Waals surface area (Å²) in [7, 11) is 2.10. The van der Waals surface area contributed by atoms with E-state index in [2.05, 4.69) is 17.1 Å². The van der Waals surface area contributed by atoms with Gasteiger partial charge in [-0.05, 0) is 38.6 Å². The van der Waals surface area contributed by atoms with Gasteiger partial charge in [-0.25, -0.2) is 0 Å². The Kier molecular flexibility index (Phi) is 2.85. The number of rotatable bonds is 2. The van der Waals surface area contributed by atoms with Crippen LogP contribution in [0.15, 0.2) is 22.7 Å². The first kappa shape index (κ1) is 12.6. The zero-order valence-electron chi connectivity index (χ0n) is 11.9. The van der Waals surface area contributed by atoms with Crippen LogP contribution in [-0.2, 0) is 4.79 Å². The van der Waals surface area contributed by atoms with Crippen molar-refractivity contribution in [3.05, 3.63) is 18.2 Å². The molecule has 0 saturated carbocycles. The van der Waals surface area contributed by atoms with Gasteiger partial charge in [-0.15, -0.1) is 0 Å². The van der Waals surface area contributed by atoms with Crippen LogP contribution in [0.25, 0.3) is 11.0 Å². The highest BCUT2D eigenvalue weighted by Crippen LogP contribution is 2.36. The molecule has 0 bridgehead atoms. The topological polar surface area (TPSA) is 58.8 Å². The molecule has 1 aromatic heterocycles. The number of carbonyl (C=O) groups is 1. The first-order valence-corrected chi connectivity index (χ1v) is 7.26. The van der Waals surface area contributed by atoms with Gasteiger partial charge in [-0.1, -0.05) is 11.2 Å². The molecule has 0 N–H and O–H groups in total. The van der Waals surface area contributed by atoms with E-state index in [0.29, 0.717) is 29.7 Å². The molecule has 21 heavy (non-hydrogen) atoms. The highest BCUT2D eigenvalue weighted by molar-refractivity contribution is 6.05. The molecule has 0 aliphatic carbocycles. The molecule has 6 heteroatoms. The zero-order chi connectivity index (χ0) is 14.4. The molecule has 2 aliphatic heterocycles. The van der Waals surface area contributed by atoms with Gasteiger partial charge in [0, 0.05) is 12.6 Å². The Labute approximate surface area is 122 Å². The number of ether oxygens (including phenoxy) is 1. The second-order valence-electron chi connectivity index (χ2n) is 5.71. The van der Waals surface area contributed by atoms with Crippen molar-refractivity contribution in [2.75, 3.05) is 31.6 Å². The van der Waals surface area contributed by atoms with E-state index in [4.69, 9.17) is 9.26 Å². The summed E-state index contributed by atoms with van der Waals surface area (Å²) in [4.78, 5) is 16.4. The fourth-order valence-corrected chi connectivity index (χ4v) is 3.19. The number of likely N-dealkylation sites (tertiary alicyclic amines) is 1. The molecule has 110 valence electrons. The first-order chi connectivity index (χ1) is 10.2. The Morgan fingerprint density at radius 2 is 2.33 bits per heavy atom. The lowest BCUT2D eigenvalue weighted by atomic mass is 10.2. The Balaban J connectivity index is 1.76. The van der Waals surface area contributed by atoms with Crippen molar-refractivity contribution in [3.8, 4) is 5.75 Å². The van der Waals surface area contributed by atoms with E-state index in [1.807, 2.05) is 18.2 Å². The van der Waals surface area contributed by atoms with Crippen LogP contribution in [-0.4, -0.2) is 48.7 Å². The number of amides is 1. The molecule has 6 nitrogen and oxygen atoms in total. The van der Waals surface area contributed by atoms with Gasteiger partial charge in [0.05, 0.1) is 0 Å². The van der Waals surface area contributed by atoms with Crippen LogP contribution in [0.2, 0.25) is 0 Å². The number of likely N-dealkylation sites (N-methyl/N-ethyl adjacent to an activating group) is 1. The smallest absolute Gasteiger partial charge is 0.266 e. The standard InChI is InChI=1S/C15H17N3O3/c1-17-7-3-4-10(17)8-18-13(19)9-20-11-5-2-6-12-14(11)15(18)16-21-12/h2,5-6,10H,3-4,7-9H2,1H3. The second-order valence-corrected chi connectivity index (χ2v) is 5.71. The molecule has 3 heterocycles. The van der Waals surface area contributed by atoms with Crippen LogP contribution in [0.5, 0.6) is 5.75 Å². The van der Waals surface area contributed by atoms with Crippen LogP contribution >= 0.6 is 0 Å². The SMILES string of the molecule is CN1CCCC1CN1C(=O)COc2cccc3onc1c23. The Bertz CT molecular complexity index is 697. The van der Waals surface area contributed by atoms with Crippen LogP contribution in [0.4, 0.5) is 5.82 Å². The van der Waals surface area contributed by atoms with Crippen molar-refractivity contribution in [2.24, 2.45) is 0 Å². The lowest BCUT2D eigenvalue weighted by molar-refractivity contribution is -0.120. The Hall–Kier alpha value is -2.08. The normalized spacial score (nSPS) is 22.6. The van der Waals surface area contributed by atoms with E-state index >= 15 is 0 Å². The number of benzene rings is 1. The van der Waals surface area contributed by atoms with Crippen molar-refractivity contribution in [1.82, 2.24) is 10.1 Å². The summed E-state index contributed by atoms with van der Waals surface area (Å²) in [6.45, 7) is 1.76. The monoisotopic (exact) mass is 287 g/mol. The summed E-state index contributed by atoms with van der Waals surface area (Å²) in [6, 6.07) is 5.90. The quantitative estimate of drug-likeness (QED) is 0.840. The summed E-state index contributed by atoms with van der Waals surface area (Å²) in [5, 5.41) is 4.91. The van der Waals surface area contributed by atoms with Gasteiger partial charge in [0.15, 0.2) is 18.0 Å². The summed E-state index contributed by atoms with van der Waals surface area (Å²) in [5.41, 5.74) is 0.655. The molecule has 4 rings (SSSR count). The third-order valence-electron chi connectivity index (χ3n) is 4.41. The molecule has 2 aromatic rings. The highest BCUT2D eigenvalue weighted by Gasteiger charge is 2.32. The van der Waals surface area contributed by atoms with Crippen LogP contribution in [0.3, 0.4) is 0 Å². The fraction of sp³-hybridized carbons (Fsp3) is 0.467. The number of hydrogen-bond acceptors (Lipinski definition) is 5. The minimum atomic E-state index is -0.0679. The maximum Gasteiger partial charge on any atom is 0.266 e. The Morgan fingerprint density at radius 1 is 1.43 bits per heavy atom. The maximum atomic E-state index is 12.4. The summed E-state index contributed by atoms with van der Waals surface area (Å²) in [6.07, 6.45) is 2.27. The highest BCUT2D eigenvalue weighted by atomic mass is 16.5. The van der Waals surface area contributed by atoms with Gasteiger partial charge >= 0.3 is 0 Å². The molecule has 2 aliphatic rings. The lowest BCUT2D eigenvalue weighted by Crippen LogP contribution is -2.43. The van der Waals surface area contributed by atoms with Gasteiger partial charge in [-0.2, -0.15) is 0 Å². The van der Waals surface area contributed by atoms with Crippen LogP contribution < -0.4 is 9.64 Å². The molecule has 1 aromatic carbocycles. The lowest BCUT2D eigenvalue weighted by Gasteiger charge is -2.26. The number of hydrogen-bond donors (Lipinski definition) is 0. The molecule has 1 unspecified atom stereocenters. The van der Waals surface area contributed by atoms with E-state index in [-0.39, 0.29) is 12.5 Å². The third-order valence-corrected chi connectivity index (χ3v) is 4.41. The van der Waals surface area contributed by atoms with Crippen LogP contribution in [0.1, 0.15) is 12.8 Å². The first-order valence-electron chi connectivity index (χ1n) is 7.26. The largest absolute Gasteiger partial charge is 0.483 e. The average molecular weight is 287 g/mol. The van der Waals surface area contributed by atoms with Crippen molar-refractivity contribution in [3.63, 3.8) is 0 Å². The molecule has 1 saturated heterocycles. The van der Waals surface area contributed by atoms with Gasteiger partial charge in [0.1, 0.15) is 11.1 Å². The molecule has 1 amide bonds. The molecule has 1 fully saturated rings. The summed E-state index contributed by atoms with van der Waals surface area (Å²) in [5.74, 6) is 1.18. The van der Waals surface area contributed by atoms with E-state index in [1.54, 1.807) is 4.90 Å². The van der Waals surface area contributed by atoms with E-state index < -0.39 is 0 Å². The summed E-state index contributed by atoms with van der Waals surface area (Å²) >= 11 is 0. The number of aromatic nitrogens is 1. The number of carbonyl (C=O) groups excluding carboxylic acids is 1. The van der Waals surface area contributed by atoms with Crippen LogP contribution in [0, 0.1) is 0 Å².